The summed E-state index contributed by atoms with van der Waals surface area (Å²) in [5.41, 5.74) is 2.05. The molecule has 0 atom stereocenters. The molecule has 0 radical (unpaired) electrons. The van der Waals surface area contributed by atoms with Crippen molar-refractivity contribution in [1.29, 1.82) is 0 Å². The number of aromatic nitrogens is 5. The monoisotopic (exact) mass is 295 g/mol. The van der Waals surface area contributed by atoms with Crippen LogP contribution in [0.15, 0.2) is 21.0 Å². The zero-order chi connectivity index (χ0) is 14.9. The number of aromatic amines is 1. The number of hydrogen-bond acceptors (Lipinski definition) is 7. The highest BCUT2D eigenvalue weighted by atomic mass is 32.2. The van der Waals surface area contributed by atoms with E-state index in [-0.39, 0.29) is 11.1 Å². The smallest absolute Gasteiger partial charge is 0.308 e. The summed E-state index contributed by atoms with van der Waals surface area (Å²) in [6.45, 7) is 6.05. The van der Waals surface area contributed by atoms with Gasteiger partial charge in [-0.3, -0.25) is 4.57 Å². The molecule has 108 valence electrons. The van der Waals surface area contributed by atoms with Crippen molar-refractivity contribution < 1.29 is 0 Å². The topological polar surface area (TPSA) is 115 Å². The number of hydrazine groups is 1. The van der Waals surface area contributed by atoms with E-state index in [1.54, 1.807) is 13.1 Å². The third kappa shape index (κ3) is 2.99. The molecule has 0 saturated carbocycles. The highest BCUT2D eigenvalue weighted by Gasteiger charge is 2.20. The lowest BCUT2D eigenvalue weighted by Crippen LogP contribution is -2.19. The molecule has 0 saturated heterocycles. The van der Waals surface area contributed by atoms with Crippen LogP contribution in [0.5, 0.6) is 0 Å². The van der Waals surface area contributed by atoms with Crippen LogP contribution in [-0.4, -0.2) is 24.7 Å². The summed E-state index contributed by atoms with van der Waals surface area (Å²) in [6, 6.07) is 1.71. The van der Waals surface area contributed by atoms with Gasteiger partial charge in [-0.25, -0.2) is 25.7 Å². The minimum absolute atomic E-state index is 0.209. The maximum Gasteiger partial charge on any atom is 0.343 e. The molecule has 4 N–H and O–H groups in total. The largest absolute Gasteiger partial charge is 0.343 e. The number of nitrogens with zero attached hydrogens (tertiary/aromatic N) is 4. The van der Waals surface area contributed by atoms with Crippen LogP contribution >= 0.6 is 11.8 Å². The van der Waals surface area contributed by atoms with Gasteiger partial charge in [-0.1, -0.05) is 20.8 Å². The molecule has 0 aliphatic rings. The zero-order valence-electron chi connectivity index (χ0n) is 11.8. The van der Waals surface area contributed by atoms with Crippen molar-refractivity contribution in [3.8, 4) is 0 Å². The Labute approximate surface area is 120 Å². The lowest BCUT2D eigenvalue weighted by Gasteiger charge is -2.18. The number of anilines is 1. The van der Waals surface area contributed by atoms with Crippen molar-refractivity contribution in [2.75, 3.05) is 5.43 Å². The van der Waals surface area contributed by atoms with Gasteiger partial charge in [0.05, 0.1) is 0 Å². The molecule has 8 nitrogen and oxygen atoms in total. The number of hydrogen-bond donors (Lipinski definition) is 3. The van der Waals surface area contributed by atoms with Gasteiger partial charge >= 0.3 is 5.69 Å². The van der Waals surface area contributed by atoms with Crippen molar-refractivity contribution in [3.05, 3.63) is 22.4 Å². The predicted molar refractivity (Wildman–Crippen MR) is 76.5 cm³/mol. The fourth-order valence-corrected chi connectivity index (χ4v) is 2.20. The van der Waals surface area contributed by atoms with E-state index >= 15 is 0 Å². The second-order valence-electron chi connectivity index (χ2n) is 5.28. The van der Waals surface area contributed by atoms with Crippen molar-refractivity contribution in [2.45, 2.75) is 36.4 Å². The molecular formula is C11H17N7OS. The fraction of sp³-hybridized carbons (Fsp3) is 0.455. The third-order valence-electron chi connectivity index (χ3n) is 2.56. The van der Waals surface area contributed by atoms with Gasteiger partial charge in [-0.05, 0) is 11.8 Å². The number of nitrogens with one attached hydrogen (secondary N) is 2. The van der Waals surface area contributed by atoms with Crippen molar-refractivity contribution in [2.24, 2.45) is 12.9 Å². The van der Waals surface area contributed by atoms with E-state index in [9.17, 15) is 4.79 Å². The second kappa shape index (κ2) is 5.25. The van der Waals surface area contributed by atoms with Gasteiger partial charge in [0.15, 0.2) is 5.16 Å². The molecule has 9 heteroatoms. The van der Waals surface area contributed by atoms with Crippen LogP contribution in [0, 0.1) is 0 Å². The standard InChI is InChI=1S/C11H17N7OS/c1-11(2,3)8-13-6(15-12)5-7(14-8)20-10-17-16-9(19)18(10)4/h5H,12H2,1-4H3,(H,16,19)(H,13,14,15). The molecule has 2 rings (SSSR count). The average Bonchev–Trinajstić information content (AvgIpc) is 2.69. The number of rotatable bonds is 3. The molecular weight excluding hydrogens is 278 g/mol. The van der Waals surface area contributed by atoms with E-state index in [1.165, 1.54) is 16.3 Å². The molecule has 0 aromatic carbocycles. The zero-order valence-corrected chi connectivity index (χ0v) is 12.6. The van der Waals surface area contributed by atoms with Gasteiger partial charge in [-0.2, -0.15) is 0 Å². The van der Waals surface area contributed by atoms with E-state index in [2.05, 4.69) is 25.6 Å². The molecule has 0 spiro atoms. The van der Waals surface area contributed by atoms with E-state index in [1.807, 2.05) is 20.8 Å². The summed E-state index contributed by atoms with van der Waals surface area (Å²) in [6.07, 6.45) is 0. The molecule has 0 fully saturated rings. The van der Waals surface area contributed by atoms with Crippen LogP contribution in [0.3, 0.4) is 0 Å². The third-order valence-corrected chi connectivity index (χ3v) is 3.52. The Balaban J connectivity index is 2.41. The van der Waals surface area contributed by atoms with Crippen molar-refractivity contribution in [1.82, 2.24) is 24.7 Å². The van der Waals surface area contributed by atoms with Crippen LogP contribution in [0.2, 0.25) is 0 Å². The lowest BCUT2D eigenvalue weighted by atomic mass is 9.96. The summed E-state index contributed by atoms with van der Waals surface area (Å²) < 4.78 is 1.42. The Bertz CT molecular complexity index is 670. The normalized spacial score (nSPS) is 11.7. The Hall–Kier alpha value is -1.87. The van der Waals surface area contributed by atoms with Crippen LogP contribution in [-0.2, 0) is 12.5 Å². The molecule has 0 aliphatic heterocycles. The first-order valence-corrected chi connectivity index (χ1v) is 6.78. The van der Waals surface area contributed by atoms with Crippen LogP contribution in [0.4, 0.5) is 5.82 Å². The SMILES string of the molecule is Cn1c(Sc2cc(NN)nc(C(C)(C)C)n2)n[nH]c1=O. The highest BCUT2D eigenvalue weighted by Crippen LogP contribution is 2.27. The molecule has 0 unspecified atom stereocenters. The fourth-order valence-electron chi connectivity index (χ4n) is 1.40. The number of nitrogens with two attached hydrogens (primary N) is 1. The summed E-state index contributed by atoms with van der Waals surface area (Å²) >= 11 is 1.27. The molecule has 2 aromatic heterocycles. The van der Waals surface area contributed by atoms with Crippen LogP contribution in [0.1, 0.15) is 26.6 Å². The minimum Gasteiger partial charge on any atom is -0.308 e. The van der Waals surface area contributed by atoms with Gasteiger partial charge < -0.3 is 5.43 Å². The molecule has 2 heterocycles. The first-order chi connectivity index (χ1) is 9.31. The quantitative estimate of drug-likeness (QED) is 0.432. The molecule has 20 heavy (non-hydrogen) atoms. The number of nitrogen functional groups attached to an aromatic ring is 1. The van der Waals surface area contributed by atoms with Gasteiger partial charge in [0, 0.05) is 18.5 Å². The average molecular weight is 295 g/mol. The predicted octanol–water partition coefficient (Wildman–Crippen LogP) is 0.633. The van der Waals surface area contributed by atoms with E-state index in [0.29, 0.717) is 21.8 Å². The summed E-state index contributed by atoms with van der Waals surface area (Å²) in [5, 5.41) is 7.51. The molecule has 0 amide bonds. The summed E-state index contributed by atoms with van der Waals surface area (Å²) in [5.74, 6) is 6.62. The maximum atomic E-state index is 11.3. The summed E-state index contributed by atoms with van der Waals surface area (Å²) in [4.78, 5) is 20.2. The Kier molecular flexibility index (Phi) is 3.82. The van der Waals surface area contributed by atoms with Crippen LogP contribution in [0.25, 0.3) is 0 Å². The second-order valence-corrected chi connectivity index (χ2v) is 6.27. The van der Waals surface area contributed by atoms with Crippen molar-refractivity contribution in [3.63, 3.8) is 0 Å². The Morgan fingerprint density at radius 2 is 2.10 bits per heavy atom. The maximum absolute atomic E-state index is 11.3. The first kappa shape index (κ1) is 14.5. The molecule has 0 bridgehead atoms. The highest BCUT2D eigenvalue weighted by molar-refractivity contribution is 7.99. The van der Waals surface area contributed by atoms with Gasteiger partial charge in [0.2, 0.25) is 0 Å². The van der Waals surface area contributed by atoms with E-state index in [4.69, 9.17) is 5.84 Å². The van der Waals surface area contributed by atoms with Crippen LogP contribution < -0.4 is 17.0 Å². The van der Waals surface area contributed by atoms with E-state index < -0.39 is 0 Å². The van der Waals surface area contributed by atoms with Gasteiger partial charge in [0.1, 0.15) is 16.7 Å². The summed E-state index contributed by atoms with van der Waals surface area (Å²) in [7, 11) is 1.64. The molecule has 0 aliphatic carbocycles. The Morgan fingerprint density at radius 3 is 2.60 bits per heavy atom. The Morgan fingerprint density at radius 1 is 1.40 bits per heavy atom. The van der Waals surface area contributed by atoms with E-state index in [0.717, 1.165) is 0 Å². The molecule has 2 aromatic rings. The van der Waals surface area contributed by atoms with Crippen molar-refractivity contribution >= 4 is 17.6 Å². The minimum atomic E-state index is -0.269. The first-order valence-electron chi connectivity index (χ1n) is 5.96. The number of H-pyrrole nitrogens is 1. The van der Waals surface area contributed by atoms with Gasteiger partial charge in [0.25, 0.3) is 0 Å². The lowest BCUT2D eigenvalue weighted by molar-refractivity contribution is 0.539. The van der Waals surface area contributed by atoms with Gasteiger partial charge in [-0.15, -0.1) is 5.10 Å².